The zero-order valence-electron chi connectivity index (χ0n) is 15.7. The van der Waals surface area contributed by atoms with Crippen molar-refractivity contribution in [3.05, 3.63) is 71.8 Å². The van der Waals surface area contributed by atoms with E-state index in [1.54, 1.807) is 0 Å². The Morgan fingerprint density at radius 3 is 1.48 bits per heavy atom. The number of hydrogen-bond donors (Lipinski definition) is 1. The molecule has 0 amide bonds. The van der Waals surface area contributed by atoms with Crippen LogP contribution < -0.4 is 5.50 Å². The number of nitrogens with zero attached hydrogens (tertiary/aromatic N) is 2. The van der Waals surface area contributed by atoms with Gasteiger partial charge in [0.25, 0.3) is 7.59 Å². The molecule has 0 saturated heterocycles. The average molecular weight is 359 g/mol. The molecule has 1 unspecified atom stereocenters. The molecule has 0 fully saturated rings. The maximum absolute atomic E-state index is 13.7. The van der Waals surface area contributed by atoms with Gasteiger partial charge in [0.15, 0.2) is 0 Å². The molecule has 0 aliphatic rings. The first-order valence-electron chi connectivity index (χ1n) is 8.83. The Morgan fingerprint density at radius 1 is 0.800 bits per heavy atom. The van der Waals surface area contributed by atoms with Gasteiger partial charge in [-0.15, -0.1) is 0 Å². The van der Waals surface area contributed by atoms with Gasteiger partial charge in [0.1, 0.15) is 0 Å². The lowest BCUT2D eigenvalue weighted by Gasteiger charge is -2.41. The molecule has 2 aromatic carbocycles. The molecule has 2 N–H and O–H groups in total. The van der Waals surface area contributed by atoms with Gasteiger partial charge in [0.05, 0.1) is 0 Å². The fraction of sp³-hybridized carbons (Fsp3) is 0.400. The lowest BCUT2D eigenvalue weighted by Crippen LogP contribution is -2.42. The largest absolute Gasteiger partial charge is 0.282 e. The standard InChI is InChI=1S/C20H30N3OP/c1-17(2)23(18(3)4)25(21,24)22(15-19-11-7-5-8-12-19)16-20-13-9-6-10-14-20/h5-14,17-18H,15-16H2,1-4H3,(H2,21,24). The smallest absolute Gasteiger partial charge is 0.271 e. The van der Waals surface area contributed by atoms with Gasteiger partial charge in [-0.3, -0.25) is 10.1 Å². The highest BCUT2D eigenvalue weighted by Crippen LogP contribution is 2.49. The number of rotatable bonds is 8. The summed E-state index contributed by atoms with van der Waals surface area (Å²) < 4.78 is 17.6. The summed E-state index contributed by atoms with van der Waals surface area (Å²) >= 11 is 0. The summed E-state index contributed by atoms with van der Waals surface area (Å²) in [6.07, 6.45) is 0. The molecule has 2 aromatic rings. The van der Waals surface area contributed by atoms with E-state index >= 15 is 0 Å². The van der Waals surface area contributed by atoms with Crippen LogP contribution in [0, 0.1) is 0 Å². The van der Waals surface area contributed by atoms with Gasteiger partial charge in [0.2, 0.25) is 0 Å². The van der Waals surface area contributed by atoms with Crippen molar-refractivity contribution < 1.29 is 4.57 Å². The maximum Gasteiger partial charge on any atom is 0.282 e. The zero-order chi connectivity index (χ0) is 18.4. The molecular formula is C20H30N3OP. The van der Waals surface area contributed by atoms with E-state index in [-0.39, 0.29) is 12.1 Å². The fourth-order valence-corrected chi connectivity index (χ4v) is 5.60. The molecule has 0 aliphatic heterocycles. The molecular weight excluding hydrogens is 329 g/mol. The Hall–Kier alpha value is -1.45. The van der Waals surface area contributed by atoms with Crippen LogP contribution in [0.5, 0.6) is 0 Å². The molecule has 25 heavy (non-hydrogen) atoms. The van der Waals surface area contributed by atoms with Gasteiger partial charge in [0, 0.05) is 25.2 Å². The van der Waals surface area contributed by atoms with Crippen LogP contribution in [-0.2, 0) is 17.7 Å². The predicted octanol–water partition coefficient (Wildman–Crippen LogP) is 4.87. The SMILES string of the molecule is CC(C)N(C(C)C)P(N)(=O)N(Cc1ccccc1)Cc1ccccc1. The van der Waals surface area contributed by atoms with Crippen molar-refractivity contribution in [3.8, 4) is 0 Å². The summed E-state index contributed by atoms with van der Waals surface area (Å²) in [4.78, 5) is 0. The van der Waals surface area contributed by atoms with E-state index in [0.29, 0.717) is 13.1 Å². The van der Waals surface area contributed by atoms with Crippen LogP contribution in [0.4, 0.5) is 0 Å². The van der Waals surface area contributed by atoms with Crippen LogP contribution in [0.15, 0.2) is 60.7 Å². The van der Waals surface area contributed by atoms with Gasteiger partial charge in [-0.25, -0.2) is 9.34 Å². The second-order valence-corrected chi connectivity index (χ2v) is 9.16. The van der Waals surface area contributed by atoms with Crippen molar-refractivity contribution in [2.45, 2.75) is 52.9 Å². The predicted molar refractivity (Wildman–Crippen MR) is 106 cm³/mol. The summed E-state index contributed by atoms with van der Waals surface area (Å²) in [6, 6.07) is 20.4. The van der Waals surface area contributed by atoms with Crippen LogP contribution in [-0.4, -0.2) is 21.4 Å². The summed E-state index contributed by atoms with van der Waals surface area (Å²) in [5, 5.41) is 0. The summed E-state index contributed by atoms with van der Waals surface area (Å²) in [5.74, 6) is 0. The van der Waals surface area contributed by atoms with Crippen LogP contribution in [0.2, 0.25) is 0 Å². The van der Waals surface area contributed by atoms with Crippen LogP contribution >= 0.6 is 7.59 Å². The summed E-state index contributed by atoms with van der Waals surface area (Å²) in [5.41, 5.74) is 8.73. The van der Waals surface area contributed by atoms with E-state index in [0.717, 1.165) is 11.1 Å². The Balaban J connectivity index is 2.36. The molecule has 2 rings (SSSR count). The highest BCUT2D eigenvalue weighted by atomic mass is 31.2. The Labute approximate surface area is 152 Å². The van der Waals surface area contributed by atoms with E-state index in [4.69, 9.17) is 5.50 Å². The van der Waals surface area contributed by atoms with Gasteiger partial charge in [-0.05, 0) is 38.8 Å². The molecule has 0 saturated carbocycles. The van der Waals surface area contributed by atoms with Crippen molar-refractivity contribution in [2.75, 3.05) is 0 Å². The van der Waals surface area contributed by atoms with Gasteiger partial charge >= 0.3 is 0 Å². The molecule has 0 spiro atoms. The Kier molecular flexibility index (Phi) is 6.97. The topological polar surface area (TPSA) is 49.6 Å². The third kappa shape index (κ3) is 5.26. The first-order valence-corrected chi connectivity index (χ1v) is 10.5. The van der Waals surface area contributed by atoms with Gasteiger partial charge < -0.3 is 0 Å². The monoisotopic (exact) mass is 359 g/mol. The highest BCUT2D eigenvalue weighted by Gasteiger charge is 2.36. The van der Waals surface area contributed by atoms with E-state index < -0.39 is 7.59 Å². The van der Waals surface area contributed by atoms with Gasteiger partial charge in [-0.2, -0.15) is 0 Å². The second kappa shape index (κ2) is 8.77. The molecule has 1 atom stereocenters. The maximum atomic E-state index is 13.7. The van der Waals surface area contributed by atoms with Crippen LogP contribution in [0.1, 0.15) is 38.8 Å². The third-order valence-electron chi connectivity index (χ3n) is 4.21. The first kappa shape index (κ1) is 19.9. The van der Waals surface area contributed by atoms with Gasteiger partial charge in [-0.1, -0.05) is 60.7 Å². The molecule has 0 radical (unpaired) electrons. The third-order valence-corrected chi connectivity index (χ3v) is 6.89. The lowest BCUT2D eigenvalue weighted by molar-refractivity contribution is 0.256. The van der Waals surface area contributed by atoms with Crippen LogP contribution in [0.25, 0.3) is 0 Å². The lowest BCUT2D eigenvalue weighted by atomic mass is 10.2. The average Bonchev–Trinajstić information content (AvgIpc) is 2.55. The Morgan fingerprint density at radius 2 is 1.16 bits per heavy atom. The van der Waals surface area contributed by atoms with E-state index in [1.165, 1.54) is 0 Å². The van der Waals surface area contributed by atoms with Crippen molar-refractivity contribution >= 4 is 7.59 Å². The normalized spacial score (nSPS) is 14.4. The number of benzene rings is 2. The van der Waals surface area contributed by atoms with Crippen molar-refractivity contribution in [1.82, 2.24) is 9.34 Å². The molecule has 0 aromatic heterocycles. The summed E-state index contributed by atoms with van der Waals surface area (Å²) in [6.45, 7) is 9.29. The van der Waals surface area contributed by atoms with Crippen molar-refractivity contribution in [3.63, 3.8) is 0 Å². The number of hydrogen-bond acceptors (Lipinski definition) is 1. The molecule has 4 nitrogen and oxygen atoms in total. The zero-order valence-corrected chi connectivity index (χ0v) is 16.6. The molecule has 136 valence electrons. The minimum Gasteiger partial charge on any atom is -0.271 e. The summed E-state index contributed by atoms with van der Waals surface area (Å²) in [7, 11) is -3.19. The minimum absolute atomic E-state index is 0.102. The quantitative estimate of drug-likeness (QED) is 0.683. The van der Waals surface area contributed by atoms with Crippen molar-refractivity contribution in [1.29, 1.82) is 0 Å². The van der Waals surface area contributed by atoms with E-state index in [1.807, 2.05) is 97.7 Å². The molecule has 0 aliphatic carbocycles. The molecule has 0 heterocycles. The Bertz CT molecular complexity index is 639. The molecule has 0 bridgehead atoms. The van der Waals surface area contributed by atoms with E-state index in [9.17, 15) is 4.57 Å². The minimum atomic E-state index is -3.19. The first-order chi connectivity index (χ1) is 11.8. The highest BCUT2D eigenvalue weighted by molar-refractivity contribution is 7.56. The second-order valence-electron chi connectivity index (χ2n) is 6.95. The number of nitrogens with two attached hydrogens (primary N) is 1. The fourth-order valence-electron chi connectivity index (χ4n) is 3.25. The van der Waals surface area contributed by atoms with Crippen molar-refractivity contribution in [2.24, 2.45) is 5.50 Å². The van der Waals surface area contributed by atoms with Crippen LogP contribution in [0.3, 0.4) is 0 Å². The molecule has 5 heteroatoms. The van der Waals surface area contributed by atoms with E-state index in [2.05, 4.69) is 0 Å².